The molecule has 1 amide bonds. The number of hydrogen-bond acceptors (Lipinski definition) is 8. The Kier molecular flexibility index (Phi) is 7.24. The minimum absolute atomic E-state index is 0.0940. The molecule has 1 aliphatic rings. The predicted molar refractivity (Wildman–Crippen MR) is 128 cm³/mol. The van der Waals surface area contributed by atoms with Crippen LogP contribution in [0.25, 0.3) is 16.7 Å². The lowest BCUT2D eigenvalue weighted by Crippen LogP contribution is -2.38. The molecule has 0 unspecified atom stereocenters. The fourth-order valence-corrected chi connectivity index (χ4v) is 3.98. The standard InChI is InChI=1S/C23H33N7O3/c1-15(2)20(31)23(32)25-9-5-4-8-24-21-22-28-27-16(3)30(22)19-7-6-17(14-18(19)26-21)29-10-12-33-13-11-29/h6-7,14-15,20,31H,4-5,8-13H2,1-3H3,(H,24,26)(H,25,32)/t20-/m1/s1. The molecule has 4 rings (SSSR count). The van der Waals surface area contributed by atoms with Crippen LogP contribution in [-0.2, 0) is 9.53 Å². The second kappa shape index (κ2) is 10.3. The highest BCUT2D eigenvalue weighted by atomic mass is 16.5. The number of nitrogens with one attached hydrogen (secondary N) is 2. The molecule has 0 saturated carbocycles. The van der Waals surface area contributed by atoms with Gasteiger partial charge in [-0.3, -0.25) is 9.20 Å². The molecule has 178 valence electrons. The number of rotatable bonds is 9. The lowest BCUT2D eigenvalue weighted by Gasteiger charge is -2.29. The molecule has 0 aliphatic carbocycles. The zero-order valence-corrected chi connectivity index (χ0v) is 19.5. The number of benzene rings is 1. The molecule has 0 radical (unpaired) electrons. The first kappa shape index (κ1) is 23.2. The van der Waals surface area contributed by atoms with E-state index in [0.717, 1.165) is 61.7 Å². The number of fused-ring (bicyclic) bond motifs is 3. The largest absolute Gasteiger partial charge is 0.383 e. The Morgan fingerprint density at radius 1 is 1.18 bits per heavy atom. The molecule has 3 heterocycles. The summed E-state index contributed by atoms with van der Waals surface area (Å²) in [6, 6.07) is 6.31. The van der Waals surface area contributed by atoms with E-state index in [1.54, 1.807) is 0 Å². The first-order chi connectivity index (χ1) is 16.0. The topological polar surface area (TPSA) is 117 Å². The van der Waals surface area contributed by atoms with Crippen molar-refractivity contribution in [2.24, 2.45) is 5.92 Å². The molecule has 1 fully saturated rings. The van der Waals surface area contributed by atoms with Crippen LogP contribution in [0.2, 0.25) is 0 Å². The number of carbonyl (C=O) groups excluding carboxylic acids is 1. The number of morpholine rings is 1. The molecule has 3 N–H and O–H groups in total. The smallest absolute Gasteiger partial charge is 0.249 e. The lowest BCUT2D eigenvalue weighted by atomic mass is 10.1. The van der Waals surface area contributed by atoms with Crippen molar-refractivity contribution < 1.29 is 14.6 Å². The third kappa shape index (κ3) is 5.17. The molecule has 0 bridgehead atoms. The average Bonchev–Trinajstić information content (AvgIpc) is 3.22. The summed E-state index contributed by atoms with van der Waals surface area (Å²) in [4.78, 5) is 19.0. The van der Waals surface area contributed by atoms with Gasteiger partial charge in [-0.05, 0) is 43.9 Å². The van der Waals surface area contributed by atoms with Gasteiger partial charge < -0.3 is 25.4 Å². The molecular formula is C23H33N7O3. The van der Waals surface area contributed by atoms with Crippen LogP contribution in [0.1, 0.15) is 32.5 Å². The number of ether oxygens (including phenoxy) is 1. The summed E-state index contributed by atoms with van der Waals surface area (Å²) in [6.07, 6.45) is 0.669. The quantitative estimate of drug-likeness (QED) is 0.418. The lowest BCUT2D eigenvalue weighted by molar-refractivity contribution is -0.131. The van der Waals surface area contributed by atoms with E-state index in [-0.39, 0.29) is 11.8 Å². The van der Waals surface area contributed by atoms with Gasteiger partial charge in [0, 0.05) is 31.9 Å². The van der Waals surface area contributed by atoms with E-state index in [9.17, 15) is 9.90 Å². The number of aromatic nitrogens is 4. The Bertz CT molecular complexity index is 1110. The SMILES string of the molecule is Cc1nnc2c(NCCCCNC(=O)[C@H](O)C(C)C)nc3cc(N4CCOCC4)ccc3n12. The van der Waals surface area contributed by atoms with Crippen LogP contribution < -0.4 is 15.5 Å². The summed E-state index contributed by atoms with van der Waals surface area (Å²) in [5, 5.41) is 24.5. The van der Waals surface area contributed by atoms with Gasteiger partial charge in [-0.1, -0.05) is 13.8 Å². The zero-order chi connectivity index (χ0) is 23.4. The summed E-state index contributed by atoms with van der Waals surface area (Å²) in [5.41, 5.74) is 3.69. The third-order valence-electron chi connectivity index (χ3n) is 5.94. The highest BCUT2D eigenvalue weighted by Gasteiger charge is 2.18. The van der Waals surface area contributed by atoms with Crippen molar-refractivity contribution >= 4 is 34.1 Å². The van der Waals surface area contributed by atoms with Gasteiger partial charge in [-0.25, -0.2) is 4.98 Å². The van der Waals surface area contributed by atoms with Crippen molar-refractivity contribution in [3.8, 4) is 0 Å². The Balaban J connectivity index is 1.43. The fourth-order valence-electron chi connectivity index (χ4n) is 3.98. The number of aliphatic hydroxyl groups is 1. The number of aryl methyl sites for hydroxylation is 1. The Morgan fingerprint density at radius 2 is 1.94 bits per heavy atom. The van der Waals surface area contributed by atoms with E-state index in [1.807, 2.05) is 25.2 Å². The van der Waals surface area contributed by atoms with E-state index in [1.165, 1.54) is 0 Å². The van der Waals surface area contributed by atoms with Crippen molar-refractivity contribution in [2.45, 2.75) is 39.7 Å². The molecular weight excluding hydrogens is 422 g/mol. The molecule has 1 atom stereocenters. The second-order valence-electron chi connectivity index (χ2n) is 8.75. The number of unbranched alkanes of at least 4 members (excludes halogenated alkanes) is 1. The van der Waals surface area contributed by atoms with Crippen molar-refractivity contribution in [3.63, 3.8) is 0 Å². The highest BCUT2D eigenvalue weighted by molar-refractivity contribution is 5.85. The summed E-state index contributed by atoms with van der Waals surface area (Å²) < 4.78 is 7.50. The number of carbonyl (C=O) groups is 1. The molecule has 1 saturated heterocycles. The van der Waals surface area contributed by atoms with E-state index in [0.29, 0.717) is 24.6 Å². The second-order valence-corrected chi connectivity index (χ2v) is 8.75. The summed E-state index contributed by atoms with van der Waals surface area (Å²) in [6.45, 7) is 10.0. The van der Waals surface area contributed by atoms with Gasteiger partial charge in [0.25, 0.3) is 0 Å². The molecule has 2 aromatic heterocycles. The van der Waals surface area contributed by atoms with E-state index in [2.05, 4.69) is 43.9 Å². The van der Waals surface area contributed by atoms with Crippen LogP contribution in [0.4, 0.5) is 11.5 Å². The van der Waals surface area contributed by atoms with Crippen LogP contribution >= 0.6 is 0 Å². The van der Waals surface area contributed by atoms with E-state index in [4.69, 9.17) is 9.72 Å². The van der Waals surface area contributed by atoms with Crippen LogP contribution in [0.15, 0.2) is 18.2 Å². The van der Waals surface area contributed by atoms with Gasteiger partial charge in [0.15, 0.2) is 5.82 Å². The van der Waals surface area contributed by atoms with Gasteiger partial charge in [0.1, 0.15) is 11.9 Å². The summed E-state index contributed by atoms with van der Waals surface area (Å²) in [5.74, 6) is 1.10. The third-order valence-corrected chi connectivity index (χ3v) is 5.94. The van der Waals surface area contributed by atoms with Crippen molar-refractivity contribution in [2.75, 3.05) is 49.6 Å². The average molecular weight is 456 g/mol. The number of amides is 1. The molecule has 1 aromatic carbocycles. The first-order valence-electron chi connectivity index (χ1n) is 11.6. The number of hydrogen-bond donors (Lipinski definition) is 3. The van der Waals surface area contributed by atoms with Crippen molar-refractivity contribution in [3.05, 3.63) is 24.0 Å². The molecule has 33 heavy (non-hydrogen) atoms. The normalized spacial score (nSPS) is 15.4. The van der Waals surface area contributed by atoms with Gasteiger partial charge in [-0.2, -0.15) is 0 Å². The van der Waals surface area contributed by atoms with Gasteiger partial charge in [0.2, 0.25) is 11.6 Å². The Morgan fingerprint density at radius 3 is 2.70 bits per heavy atom. The molecule has 0 spiro atoms. The van der Waals surface area contributed by atoms with Crippen LogP contribution in [0, 0.1) is 12.8 Å². The maximum absolute atomic E-state index is 11.8. The van der Waals surface area contributed by atoms with Gasteiger partial charge in [-0.15, -0.1) is 10.2 Å². The zero-order valence-electron chi connectivity index (χ0n) is 19.5. The van der Waals surface area contributed by atoms with E-state index < -0.39 is 6.10 Å². The first-order valence-corrected chi connectivity index (χ1v) is 11.6. The summed E-state index contributed by atoms with van der Waals surface area (Å²) in [7, 11) is 0. The fraction of sp³-hybridized carbons (Fsp3) is 0.565. The molecule has 10 heteroatoms. The van der Waals surface area contributed by atoms with Crippen molar-refractivity contribution in [1.29, 1.82) is 0 Å². The van der Waals surface area contributed by atoms with Gasteiger partial charge in [0.05, 0.1) is 24.2 Å². The molecule has 1 aliphatic heterocycles. The van der Waals surface area contributed by atoms with E-state index >= 15 is 0 Å². The predicted octanol–water partition coefficient (Wildman–Crippen LogP) is 1.75. The number of aliphatic hydroxyl groups excluding tert-OH is 1. The highest BCUT2D eigenvalue weighted by Crippen LogP contribution is 2.26. The van der Waals surface area contributed by atoms with Crippen LogP contribution in [0.5, 0.6) is 0 Å². The Hall–Kier alpha value is -2.98. The monoisotopic (exact) mass is 455 g/mol. The minimum Gasteiger partial charge on any atom is -0.383 e. The Labute approximate surface area is 193 Å². The maximum Gasteiger partial charge on any atom is 0.249 e. The van der Waals surface area contributed by atoms with Crippen LogP contribution in [-0.4, -0.2) is 76.1 Å². The van der Waals surface area contributed by atoms with Gasteiger partial charge >= 0.3 is 0 Å². The molecule has 10 nitrogen and oxygen atoms in total. The minimum atomic E-state index is -0.961. The summed E-state index contributed by atoms with van der Waals surface area (Å²) >= 11 is 0. The molecule has 3 aromatic rings. The maximum atomic E-state index is 11.8. The van der Waals surface area contributed by atoms with Crippen LogP contribution in [0.3, 0.4) is 0 Å². The van der Waals surface area contributed by atoms with Crippen molar-refractivity contribution in [1.82, 2.24) is 24.9 Å². The number of nitrogens with zero attached hydrogens (tertiary/aromatic N) is 5. The number of anilines is 2.